The first kappa shape index (κ1) is 14.9. The number of nitrogens with one attached hydrogen (secondary N) is 1. The first-order valence-corrected chi connectivity index (χ1v) is 7.87. The smallest absolute Gasteiger partial charge is 0.188 e. The average molecular weight is 273 g/mol. The Kier molecular flexibility index (Phi) is 5.90. The Hall–Kier alpha value is -1.51. The second kappa shape index (κ2) is 7.93. The molecule has 1 saturated carbocycles. The molecular formula is C17H27N3. The molecule has 1 fully saturated rings. The van der Waals surface area contributed by atoms with Gasteiger partial charge >= 0.3 is 0 Å². The Bertz CT molecular complexity index is 408. The van der Waals surface area contributed by atoms with Gasteiger partial charge in [-0.2, -0.15) is 0 Å². The summed E-state index contributed by atoms with van der Waals surface area (Å²) in [5.41, 5.74) is 7.34. The Morgan fingerprint density at radius 3 is 2.65 bits per heavy atom. The molecule has 2 rings (SSSR count). The maximum Gasteiger partial charge on any atom is 0.188 e. The maximum atomic E-state index is 5.97. The van der Waals surface area contributed by atoms with E-state index >= 15 is 0 Å². The summed E-state index contributed by atoms with van der Waals surface area (Å²) in [5.74, 6) is 1.15. The molecular weight excluding hydrogens is 246 g/mol. The number of hydrogen-bond acceptors (Lipinski definition) is 1. The summed E-state index contributed by atoms with van der Waals surface area (Å²) in [6, 6.07) is 11.1. The van der Waals surface area contributed by atoms with Gasteiger partial charge in [0.05, 0.1) is 0 Å². The van der Waals surface area contributed by atoms with Crippen LogP contribution in [0, 0.1) is 0 Å². The molecule has 110 valence electrons. The van der Waals surface area contributed by atoms with Crippen LogP contribution >= 0.6 is 0 Å². The molecule has 1 unspecified atom stereocenters. The van der Waals surface area contributed by atoms with Crippen LogP contribution in [0.3, 0.4) is 0 Å². The normalized spacial score (nSPS) is 18.8. The van der Waals surface area contributed by atoms with Crippen molar-refractivity contribution >= 4 is 5.96 Å². The minimum absolute atomic E-state index is 0.530. The van der Waals surface area contributed by atoms with E-state index in [-0.39, 0.29) is 0 Å². The first-order chi connectivity index (χ1) is 9.75. The zero-order chi connectivity index (χ0) is 14.2. The van der Waals surface area contributed by atoms with E-state index in [9.17, 15) is 0 Å². The molecule has 1 aliphatic rings. The molecule has 0 bridgehead atoms. The third-order valence-electron chi connectivity index (χ3n) is 4.17. The Morgan fingerprint density at radius 1 is 1.25 bits per heavy atom. The van der Waals surface area contributed by atoms with Crippen LogP contribution in [0.15, 0.2) is 35.3 Å². The fourth-order valence-electron chi connectivity index (χ4n) is 2.83. The van der Waals surface area contributed by atoms with Gasteiger partial charge in [-0.25, -0.2) is 0 Å². The molecule has 0 aliphatic heterocycles. The zero-order valence-corrected chi connectivity index (χ0v) is 12.5. The number of hydrogen-bond donors (Lipinski definition) is 2. The van der Waals surface area contributed by atoms with Crippen molar-refractivity contribution in [2.75, 3.05) is 6.54 Å². The minimum Gasteiger partial charge on any atom is -0.370 e. The molecule has 3 heteroatoms. The predicted molar refractivity (Wildman–Crippen MR) is 86.0 cm³/mol. The second-order valence-corrected chi connectivity index (χ2v) is 5.85. The molecule has 3 N–H and O–H groups in total. The van der Waals surface area contributed by atoms with Crippen LogP contribution in [-0.4, -0.2) is 18.5 Å². The largest absolute Gasteiger partial charge is 0.370 e. The van der Waals surface area contributed by atoms with Gasteiger partial charge in [0.25, 0.3) is 0 Å². The van der Waals surface area contributed by atoms with Gasteiger partial charge in [0, 0.05) is 12.6 Å². The van der Waals surface area contributed by atoms with Crippen LogP contribution in [-0.2, 0) is 0 Å². The van der Waals surface area contributed by atoms with Crippen molar-refractivity contribution < 1.29 is 0 Å². The van der Waals surface area contributed by atoms with Crippen molar-refractivity contribution in [2.24, 2.45) is 10.7 Å². The van der Waals surface area contributed by atoms with Gasteiger partial charge in [-0.05, 0) is 30.7 Å². The van der Waals surface area contributed by atoms with Gasteiger partial charge in [-0.1, -0.05) is 56.5 Å². The van der Waals surface area contributed by atoms with E-state index < -0.39 is 0 Å². The molecule has 0 heterocycles. The second-order valence-electron chi connectivity index (χ2n) is 5.85. The number of rotatable bonds is 5. The van der Waals surface area contributed by atoms with Crippen LogP contribution in [0.25, 0.3) is 0 Å². The lowest BCUT2D eigenvalue weighted by Crippen LogP contribution is -2.41. The molecule has 1 aromatic rings. The summed E-state index contributed by atoms with van der Waals surface area (Å²) in [6.07, 6.45) is 7.50. The molecule has 0 amide bonds. The van der Waals surface area contributed by atoms with Crippen LogP contribution in [0.2, 0.25) is 0 Å². The van der Waals surface area contributed by atoms with Crippen molar-refractivity contribution in [1.29, 1.82) is 0 Å². The molecule has 0 spiro atoms. The van der Waals surface area contributed by atoms with Crippen molar-refractivity contribution in [3.63, 3.8) is 0 Å². The number of benzene rings is 1. The Morgan fingerprint density at radius 2 is 1.95 bits per heavy atom. The summed E-state index contributed by atoms with van der Waals surface area (Å²) in [6.45, 7) is 3.04. The van der Waals surface area contributed by atoms with E-state index in [4.69, 9.17) is 5.73 Å². The van der Waals surface area contributed by atoms with Crippen LogP contribution < -0.4 is 11.1 Å². The highest BCUT2D eigenvalue weighted by Gasteiger charge is 2.13. The summed E-state index contributed by atoms with van der Waals surface area (Å²) < 4.78 is 0. The van der Waals surface area contributed by atoms with Crippen molar-refractivity contribution in [3.05, 3.63) is 35.9 Å². The lowest BCUT2D eigenvalue weighted by molar-refractivity contribution is 0.412. The molecule has 1 atom stereocenters. The third kappa shape index (κ3) is 4.87. The summed E-state index contributed by atoms with van der Waals surface area (Å²) in [5, 5.41) is 3.36. The molecule has 20 heavy (non-hydrogen) atoms. The number of nitrogens with two attached hydrogens (primary N) is 1. The zero-order valence-electron chi connectivity index (χ0n) is 12.5. The van der Waals surface area contributed by atoms with Gasteiger partial charge in [-0.3, -0.25) is 4.99 Å². The summed E-state index contributed by atoms with van der Waals surface area (Å²) in [4.78, 5) is 4.47. The van der Waals surface area contributed by atoms with Crippen LogP contribution in [0.4, 0.5) is 0 Å². The third-order valence-corrected chi connectivity index (χ3v) is 4.17. The number of guanidine groups is 1. The lowest BCUT2D eigenvalue weighted by Gasteiger charge is -2.23. The highest BCUT2D eigenvalue weighted by molar-refractivity contribution is 5.78. The SMILES string of the molecule is CC(CCN=C(N)NC1CCCCC1)c1ccccc1. The molecule has 0 saturated heterocycles. The van der Waals surface area contributed by atoms with Gasteiger partial charge in [0.15, 0.2) is 5.96 Å². The molecule has 0 radical (unpaired) electrons. The predicted octanol–water partition coefficient (Wildman–Crippen LogP) is 3.42. The highest BCUT2D eigenvalue weighted by atomic mass is 15.1. The Balaban J connectivity index is 1.72. The number of nitrogens with zero attached hydrogens (tertiary/aromatic N) is 1. The topological polar surface area (TPSA) is 50.4 Å². The molecule has 1 aliphatic carbocycles. The van der Waals surface area contributed by atoms with E-state index in [1.165, 1.54) is 37.7 Å². The number of aliphatic imine (C=N–C) groups is 1. The van der Waals surface area contributed by atoms with Crippen molar-refractivity contribution in [1.82, 2.24) is 5.32 Å². The molecule has 3 nitrogen and oxygen atoms in total. The fourth-order valence-corrected chi connectivity index (χ4v) is 2.83. The molecule has 1 aromatic carbocycles. The van der Waals surface area contributed by atoms with Crippen LogP contribution in [0.1, 0.15) is 56.9 Å². The monoisotopic (exact) mass is 273 g/mol. The van der Waals surface area contributed by atoms with Crippen LogP contribution in [0.5, 0.6) is 0 Å². The van der Waals surface area contributed by atoms with Gasteiger partial charge < -0.3 is 11.1 Å². The van der Waals surface area contributed by atoms with Crippen molar-refractivity contribution in [2.45, 2.75) is 57.4 Å². The van der Waals surface area contributed by atoms with Gasteiger partial charge in [-0.15, -0.1) is 0 Å². The summed E-state index contributed by atoms with van der Waals surface area (Å²) >= 11 is 0. The van der Waals surface area contributed by atoms with Crippen molar-refractivity contribution in [3.8, 4) is 0 Å². The summed E-state index contributed by atoms with van der Waals surface area (Å²) in [7, 11) is 0. The quantitative estimate of drug-likeness (QED) is 0.638. The molecule has 0 aromatic heterocycles. The minimum atomic E-state index is 0.530. The van der Waals surface area contributed by atoms with E-state index in [0.717, 1.165) is 13.0 Å². The highest BCUT2D eigenvalue weighted by Crippen LogP contribution is 2.18. The van der Waals surface area contributed by atoms with E-state index in [1.54, 1.807) is 0 Å². The fraction of sp³-hybridized carbons (Fsp3) is 0.588. The lowest BCUT2D eigenvalue weighted by atomic mass is 9.96. The van der Waals surface area contributed by atoms with Gasteiger partial charge in [0.2, 0.25) is 0 Å². The standard InChI is InChI=1S/C17H27N3/c1-14(15-8-4-2-5-9-15)12-13-19-17(18)20-16-10-6-3-7-11-16/h2,4-5,8-9,14,16H,3,6-7,10-13H2,1H3,(H3,18,19,20). The maximum absolute atomic E-state index is 5.97. The Labute approximate surface area is 122 Å². The van der Waals surface area contributed by atoms with Gasteiger partial charge in [0.1, 0.15) is 0 Å². The first-order valence-electron chi connectivity index (χ1n) is 7.87. The van der Waals surface area contributed by atoms with E-state index in [1.807, 2.05) is 0 Å². The average Bonchev–Trinajstić information content (AvgIpc) is 2.49. The van der Waals surface area contributed by atoms with E-state index in [2.05, 4.69) is 47.6 Å². The van der Waals surface area contributed by atoms with E-state index in [0.29, 0.717) is 17.9 Å².